The van der Waals surface area contributed by atoms with Crippen LogP contribution < -0.4 is 11.1 Å². The lowest BCUT2D eigenvalue weighted by Gasteiger charge is -2.07. The molecule has 5 nitrogen and oxygen atoms in total. The van der Waals surface area contributed by atoms with Gasteiger partial charge in [0, 0.05) is 12.4 Å². The number of pyridine rings is 2. The van der Waals surface area contributed by atoms with Gasteiger partial charge in [0.05, 0.1) is 17.4 Å². The summed E-state index contributed by atoms with van der Waals surface area (Å²) < 4.78 is 0. The number of hydrogen-bond donors (Lipinski definition) is 2. The Hall–Kier alpha value is -2.43. The second-order valence-electron chi connectivity index (χ2n) is 3.63. The van der Waals surface area contributed by atoms with E-state index in [1.807, 2.05) is 6.92 Å². The number of hydrogen-bond acceptors (Lipinski definition) is 4. The summed E-state index contributed by atoms with van der Waals surface area (Å²) in [5.74, 6) is 0.270. The van der Waals surface area contributed by atoms with Crippen LogP contribution in [0.4, 0.5) is 11.5 Å². The first kappa shape index (κ1) is 11.1. The molecule has 0 bridgehead atoms. The minimum Gasteiger partial charge on any atom is -0.397 e. The van der Waals surface area contributed by atoms with E-state index in [0.29, 0.717) is 17.1 Å². The molecule has 0 aliphatic rings. The van der Waals surface area contributed by atoms with Crippen molar-refractivity contribution >= 4 is 17.4 Å². The number of nitrogens with one attached hydrogen (secondary N) is 1. The summed E-state index contributed by atoms with van der Waals surface area (Å²) >= 11 is 0. The number of aryl methyl sites for hydroxylation is 1. The van der Waals surface area contributed by atoms with Crippen LogP contribution in [-0.2, 0) is 0 Å². The number of nitrogen functional groups attached to an aromatic ring is 1. The van der Waals surface area contributed by atoms with Crippen molar-refractivity contribution in [3.05, 3.63) is 47.9 Å². The standard InChI is InChI=1S/C12H12N4O/c1-8-5-10(13)7-15-11(8)16-12(17)9-3-2-4-14-6-9/h2-7H,13H2,1H3,(H,15,16,17). The molecule has 2 heterocycles. The first-order valence-electron chi connectivity index (χ1n) is 5.10. The Morgan fingerprint density at radius 1 is 1.41 bits per heavy atom. The summed E-state index contributed by atoms with van der Waals surface area (Å²) in [6, 6.07) is 5.15. The predicted octanol–water partition coefficient (Wildman–Crippen LogP) is 1.62. The third-order valence-electron chi connectivity index (χ3n) is 2.26. The van der Waals surface area contributed by atoms with E-state index in [1.54, 1.807) is 24.4 Å². The Morgan fingerprint density at radius 3 is 2.88 bits per heavy atom. The first-order valence-corrected chi connectivity index (χ1v) is 5.10. The van der Waals surface area contributed by atoms with Crippen LogP contribution >= 0.6 is 0 Å². The molecule has 3 N–H and O–H groups in total. The van der Waals surface area contributed by atoms with E-state index in [1.165, 1.54) is 12.4 Å². The van der Waals surface area contributed by atoms with Crippen LogP contribution in [0.1, 0.15) is 15.9 Å². The van der Waals surface area contributed by atoms with Gasteiger partial charge in [-0.3, -0.25) is 9.78 Å². The van der Waals surface area contributed by atoms with Gasteiger partial charge < -0.3 is 11.1 Å². The van der Waals surface area contributed by atoms with Gasteiger partial charge in [0.15, 0.2) is 0 Å². The molecular weight excluding hydrogens is 216 g/mol. The maximum atomic E-state index is 11.8. The van der Waals surface area contributed by atoms with Crippen LogP contribution in [0.15, 0.2) is 36.8 Å². The van der Waals surface area contributed by atoms with E-state index in [9.17, 15) is 4.79 Å². The molecule has 0 saturated heterocycles. The van der Waals surface area contributed by atoms with E-state index in [0.717, 1.165) is 5.56 Å². The van der Waals surface area contributed by atoms with E-state index in [2.05, 4.69) is 15.3 Å². The molecule has 5 heteroatoms. The van der Waals surface area contributed by atoms with Crippen molar-refractivity contribution in [1.82, 2.24) is 9.97 Å². The molecule has 0 fully saturated rings. The zero-order chi connectivity index (χ0) is 12.3. The van der Waals surface area contributed by atoms with Crippen LogP contribution in [0.2, 0.25) is 0 Å². The Labute approximate surface area is 98.7 Å². The molecule has 17 heavy (non-hydrogen) atoms. The van der Waals surface area contributed by atoms with Crippen molar-refractivity contribution in [2.45, 2.75) is 6.92 Å². The second-order valence-corrected chi connectivity index (χ2v) is 3.63. The molecular formula is C12H12N4O. The summed E-state index contributed by atoms with van der Waals surface area (Å²) in [6.45, 7) is 1.84. The molecule has 0 unspecified atom stereocenters. The lowest BCUT2D eigenvalue weighted by Crippen LogP contribution is -2.14. The van der Waals surface area contributed by atoms with Crippen molar-refractivity contribution in [3.63, 3.8) is 0 Å². The number of anilines is 2. The maximum absolute atomic E-state index is 11.8. The first-order chi connectivity index (χ1) is 8.16. The third-order valence-corrected chi connectivity index (χ3v) is 2.26. The van der Waals surface area contributed by atoms with Crippen LogP contribution in [0.3, 0.4) is 0 Å². The smallest absolute Gasteiger partial charge is 0.258 e. The third kappa shape index (κ3) is 2.57. The van der Waals surface area contributed by atoms with Crippen LogP contribution in [0.5, 0.6) is 0 Å². The Balaban J connectivity index is 2.19. The fraction of sp³-hybridized carbons (Fsp3) is 0.0833. The molecule has 0 spiro atoms. The van der Waals surface area contributed by atoms with Crippen molar-refractivity contribution in [3.8, 4) is 0 Å². The van der Waals surface area contributed by atoms with E-state index in [-0.39, 0.29) is 5.91 Å². The lowest BCUT2D eigenvalue weighted by atomic mass is 10.2. The summed E-state index contributed by atoms with van der Waals surface area (Å²) in [7, 11) is 0. The summed E-state index contributed by atoms with van der Waals surface area (Å²) in [6.07, 6.45) is 4.62. The molecule has 0 aromatic carbocycles. The van der Waals surface area contributed by atoms with Crippen molar-refractivity contribution in [2.75, 3.05) is 11.1 Å². The number of nitrogens with two attached hydrogens (primary N) is 1. The van der Waals surface area contributed by atoms with Crippen LogP contribution in [-0.4, -0.2) is 15.9 Å². The molecule has 86 valence electrons. The second kappa shape index (κ2) is 4.61. The molecule has 0 aliphatic carbocycles. The van der Waals surface area contributed by atoms with Gasteiger partial charge in [-0.25, -0.2) is 4.98 Å². The van der Waals surface area contributed by atoms with E-state index < -0.39 is 0 Å². The van der Waals surface area contributed by atoms with Crippen molar-refractivity contribution < 1.29 is 4.79 Å². The molecule has 0 aliphatic heterocycles. The monoisotopic (exact) mass is 228 g/mol. The van der Waals surface area contributed by atoms with Gasteiger partial charge in [-0.15, -0.1) is 0 Å². The zero-order valence-electron chi connectivity index (χ0n) is 9.34. The topological polar surface area (TPSA) is 80.9 Å². The van der Waals surface area contributed by atoms with Gasteiger partial charge in [0.2, 0.25) is 0 Å². The summed E-state index contributed by atoms with van der Waals surface area (Å²) in [5, 5.41) is 2.71. The Morgan fingerprint density at radius 2 is 2.24 bits per heavy atom. The number of carbonyl (C=O) groups excluding carboxylic acids is 1. The van der Waals surface area contributed by atoms with Gasteiger partial charge >= 0.3 is 0 Å². The van der Waals surface area contributed by atoms with Gasteiger partial charge in [0.1, 0.15) is 5.82 Å². The van der Waals surface area contributed by atoms with Crippen molar-refractivity contribution in [2.24, 2.45) is 0 Å². The van der Waals surface area contributed by atoms with Gasteiger partial charge in [-0.05, 0) is 30.7 Å². The predicted molar refractivity (Wildman–Crippen MR) is 65.6 cm³/mol. The number of rotatable bonds is 2. The fourth-order valence-electron chi connectivity index (χ4n) is 1.40. The van der Waals surface area contributed by atoms with E-state index >= 15 is 0 Å². The van der Waals surface area contributed by atoms with Gasteiger partial charge in [0.25, 0.3) is 5.91 Å². The highest BCUT2D eigenvalue weighted by atomic mass is 16.1. The average molecular weight is 228 g/mol. The molecule has 2 aromatic rings. The molecule has 0 radical (unpaired) electrons. The average Bonchev–Trinajstić information content (AvgIpc) is 2.34. The number of aromatic nitrogens is 2. The fourth-order valence-corrected chi connectivity index (χ4v) is 1.40. The minimum atomic E-state index is -0.238. The van der Waals surface area contributed by atoms with Gasteiger partial charge in [-0.1, -0.05) is 0 Å². The Bertz CT molecular complexity index is 539. The van der Waals surface area contributed by atoms with Crippen LogP contribution in [0, 0.1) is 6.92 Å². The Kier molecular flexibility index (Phi) is 3.00. The maximum Gasteiger partial charge on any atom is 0.258 e. The lowest BCUT2D eigenvalue weighted by molar-refractivity contribution is 0.102. The minimum absolute atomic E-state index is 0.238. The summed E-state index contributed by atoms with van der Waals surface area (Å²) in [4.78, 5) is 19.8. The van der Waals surface area contributed by atoms with Gasteiger partial charge in [-0.2, -0.15) is 0 Å². The molecule has 2 rings (SSSR count). The highest BCUT2D eigenvalue weighted by molar-refractivity contribution is 6.03. The summed E-state index contributed by atoms with van der Waals surface area (Å²) in [5.41, 5.74) is 7.47. The SMILES string of the molecule is Cc1cc(N)cnc1NC(=O)c1cccnc1. The van der Waals surface area contributed by atoms with Crippen molar-refractivity contribution in [1.29, 1.82) is 0 Å². The quantitative estimate of drug-likeness (QED) is 0.818. The molecule has 1 amide bonds. The number of amides is 1. The van der Waals surface area contributed by atoms with E-state index in [4.69, 9.17) is 5.73 Å². The van der Waals surface area contributed by atoms with Crippen LogP contribution in [0.25, 0.3) is 0 Å². The highest BCUT2D eigenvalue weighted by Gasteiger charge is 2.08. The number of carbonyl (C=O) groups is 1. The normalized spacial score (nSPS) is 9.94. The molecule has 0 saturated carbocycles. The molecule has 0 atom stereocenters. The highest BCUT2D eigenvalue weighted by Crippen LogP contribution is 2.14. The number of nitrogens with zero attached hydrogens (tertiary/aromatic N) is 2. The largest absolute Gasteiger partial charge is 0.397 e. The zero-order valence-corrected chi connectivity index (χ0v) is 9.34. The molecule has 2 aromatic heterocycles.